The fourth-order valence-corrected chi connectivity index (χ4v) is 3.22. The second kappa shape index (κ2) is 9.97. The molecule has 7 heteroatoms. The molecule has 0 saturated carbocycles. The van der Waals surface area contributed by atoms with Crippen LogP contribution in [-0.4, -0.2) is 53.5 Å². The zero-order valence-corrected chi connectivity index (χ0v) is 15.6. The number of esters is 1. The van der Waals surface area contributed by atoms with Crippen molar-refractivity contribution in [3.8, 4) is 5.75 Å². The topological polar surface area (TPSA) is 96.3 Å². The lowest BCUT2D eigenvalue weighted by Crippen LogP contribution is -2.42. The van der Waals surface area contributed by atoms with Gasteiger partial charge in [-0.2, -0.15) is 0 Å². The van der Waals surface area contributed by atoms with Gasteiger partial charge in [-0.1, -0.05) is 12.1 Å². The van der Waals surface area contributed by atoms with E-state index in [1.807, 2.05) is 6.08 Å². The Morgan fingerprint density at radius 2 is 2.15 bits per heavy atom. The second-order valence-electron chi connectivity index (χ2n) is 6.55. The maximum absolute atomic E-state index is 11.9. The predicted molar refractivity (Wildman–Crippen MR) is 100 cm³/mol. The van der Waals surface area contributed by atoms with Gasteiger partial charge < -0.3 is 24.6 Å². The number of nitrogens with zero attached hydrogens (tertiary/aromatic N) is 1. The summed E-state index contributed by atoms with van der Waals surface area (Å²) in [6, 6.07) is 4.33. The van der Waals surface area contributed by atoms with E-state index in [0.717, 1.165) is 19.3 Å². The van der Waals surface area contributed by atoms with E-state index < -0.39 is 24.2 Å². The number of aliphatic hydroxyl groups excluding tert-OH is 1. The molecule has 0 radical (unpaired) electrons. The zero-order valence-electron chi connectivity index (χ0n) is 15.6. The largest absolute Gasteiger partial charge is 0.493 e. The molecule has 2 unspecified atom stereocenters. The highest BCUT2D eigenvalue weighted by atomic mass is 16.5. The van der Waals surface area contributed by atoms with Gasteiger partial charge in [0.05, 0.1) is 31.4 Å². The summed E-state index contributed by atoms with van der Waals surface area (Å²) in [5.41, 5.74) is 0.980. The van der Waals surface area contributed by atoms with Crippen molar-refractivity contribution in [3.63, 3.8) is 0 Å². The van der Waals surface area contributed by atoms with Gasteiger partial charge in [-0.05, 0) is 44.2 Å². The first-order valence-corrected chi connectivity index (χ1v) is 9.11. The molecule has 0 spiro atoms. The van der Waals surface area contributed by atoms with E-state index in [1.54, 1.807) is 18.2 Å². The van der Waals surface area contributed by atoms with Gasteiger partial charge >= 0.3 is 12.1 Å². The Hall–Kier alpha value is -2.54. The average molecular weight is 377 g/mol. The number of rotatable bonds is 8. The maximum Gasteiger partial charge on any atom is 0.407 e. The summed E-state index contributed by atoms with van der Waals surface area (Å²) in [7, 11) is 1.30. The minimum absolute atomic E-state index is 0.249. The Morgan fingerprint density at radius 1 is 1.37 bits per heavy atom. The maximum atomic E-state index is 11.9. The minimum atomic E-state index is -1.04. The smallest absolute Gasteiger partial charge is 0.407 e. The van der Waals surface area contributed by atoms with Gasteiger partial charge in [0.2, 0.25) is 0 Å². The fourth-order valence-electron chi connectivity index (χ4n) is 3.22. The Labute approximate surface area is 159 Å². The Balaban J connectivity index is 2.29. The summed E-state index contributed by atoms with van der Waals surface area (Å²) < 4.78 is 10.7. The van der Waals surface area contributed by atoms with E-state index in [4.69, 9.17) is 9.47 Å². The molecule has 0 aromatic heterocycles. The van der Waals surface area contributed by atoms with Crippen molar-refractivity contribution in [2.45, 2.75) is 44.2 Å². The van der Waals surface area contributed by atoms with Crippen LogP contribution in [0.4, 0.5) is 4.79 Å². The molecule has 7 nitrogen and oxygen atoms in total. The molecule has 1 fully saturated rings. The monoisotopic (exact) mass is 377 g/mol. The summed E-state index contributed by atoms with van der Waals surface area (Å²) in [5, 5.41) is 19.6. The van der Waals surface area contributed by atoms with Crippen molar-refractivity contribution in [2.24, 2.45) is 0 Å². The lowest BCUT2D eigenvalue weighted by molar-refractivity contribution is 0.0413. The molecule has 27 heavy (non-hydrogen) atoms. The molecule has 0 bridgehead atoms. The van der Waals surface area contributed by atoms with E-state index in [-0.39, 0.29) is 13.0 Å². The van der Waals surface area contributed by atoms with Crippen molar-refractivity contribution in [1.82, 2.24) is 4.90 Å². The normalized spacial score (nSPS) is 19.4. The summed E-state index contributed by atoms with van der Waals surface area (Å²) in [6.07, 6.45) is 3.55. The SMILES string of the molecule is C=CCCCCOc1cc(C(=O)OC)ccc1C1CC(O)CCN1C(=O)O. The average Bonchev–Trinajstić information content (AvgIpc) is 2.66. The zero-order chi connectivity index (χ0) is 19.8. The number of carbonyl (C=O) groups is 2. The number of amides is 1. The molecule has 2 N–H and O–H groups in total. The first-order valence-electron chi connectivity index (χ1n) is 9.11. The van der Waals surface area contributed by atoms with Crippen LogP contribution in [0.5, 0.6) is 5.75 Å². The van der Waals surface area contributed by atoms with E-state index in [9.17, 15) is 19.8 Å². The van der Waals surface area contributed by atoms with Gasteiger partial charge in [-0.25, -0.2) is 9.59 Å². The quantitative estimate of drug-likeness (QED) is 0.410. The van der Waals surface area contributed by atoms with E-state index in [1.165, 1.54) is 12.0 Å². The van der Waals surface area contributed by atoms with Crippen LogP contribution in [0.2, 0.25) is 0 Å². The summed E-state index contributed by atoms with van der Waals surface area (Å²) in [6.45, 7) is 4.37. The third kappa shape index (κ3) is 5.47. The van der Waals surface area contributed by atoms with Gasteiger partial charge in [-0.15, -0.1) is 6.58 Å². The molecule has 1 aromatic carbocycles. The molecule has 1 heterocycles. The van der Waals surface area contributed by atoms with Gasteiger partial charge in [0.1, 0.15) is 5.75 Å². The minimum Gasteiger partial charge on any atom is -0.493 e. The lowest BCUT2D eigenvalue weighted by Gasteiger charge is -2.37. The van der Waals surface area contributed by atoms with Gasteiger partial charge in [0.25, 0.3) is 0 Å². The molecule has 1 aliphatic heterocycles. The number of piperidine rings is 1. The highest BCUT2D eigenvalue weighted by Crippen LogP contribution is 2.37. The number of hydrogen-bond donors (Lipinski definition) is 2. The molecule has 1 aliphatic rings. The third-order valence-electron chi connectivity index (χ3n) is 4.67. The number of aliphatic hydroxyl groups is 1. The Morgan fingerprint density at radius 3 is 2.81 bits per heavy atom. The molecule has 2 rings (SSSR count). The van der Waals surface area contributed by atoms with E-state index in [0.29, 0.717) is 29.9 Å². The first-order chi connectivity index (χ1) is 13.0. The van der Waals surface area contributed by atoms with E-state index in [2.05, 4.69) is 6.58 Å². The lowest BCUT2D eigenvalue weighted by atomic mass is 9.92. The second-order valence-corrected chi connectivity index (χ2v) is 6.55. The molecular weight excluding hydrogens is 350 g/mol. The van der Waals surface area contributed by atoms with Crippen LogP contribution in [0.1, 0.15) is 54.1 Å². The van der Waals surface area contributed by atoms with Crippen LogP contribution in [0.3, 0.4) is 0 Å². The molecule has 1 saturated heterocycles. The van der Waals surface area contributed by atoms with Crippen LogP contribution in [0.25, 0.3) is 0 Å². The number of methoxy groups -OCH3 is 1. The highest BCUT2D eigenvalue weighted by Gasteiger charge is 2.34. The fraction of sp³-hybridized carbons (Fsp3) is 0.500. The number of ether oxygens (including phenoxy) is 2. The highest BCUT2D eigenvalue weighted by molar-refractivity contribution is 5.90. The van der Waals surface area contributed by atoms with Crippen LogP contribution >= 0.6 is 0 Å². The van der Waals surface area contributed by atoms with Gasteiger partial charge in [0, 0.05) is 12.1 Å². The number of carbonyl (C=O) groups excluding carboxylic acids is 1. The first kappa shape index (κ1) is 20.8. The number of unbranched alkanes of at least 4 members (excludes halogenated alkanes) is 2. The summed E-state index contributed by atoms with van der Waals surface area (Å²) in [5.74, 6) is -0.0429. The third-order valence-corrected chi connectivity index (χ3v) is 4.67. The molecule has 2 atom stereocenters. The number of carboxylic acid groups (broad SMARTS) is 1. The van der Waals surface area contributed by atoms with Crippen LogP contribution in [-0.2, 0) is 4.74 Å². The van der Waals surface area contributed by atoms with Crippen molar-refractivity contribution in [3.05, 3.63) is 42.0 Å². The number of hydrogen-bond acceptors (Lipinski definition) is 5. The molecule has 1 aromatic rings. The predicted octanol–water partition coefficient (Wildman–Crippen LogP) is 3.38. The van der Waals surface area contributed by atoms with Crippen molar-refractivity contribution in [2.75, 3.05) is 20.3 Å². The summed E-state index contributed by atoms with van der Waals surface area (Å²) in [4.78, 5) is 24.8. The Bertz CT molecular complexity index is 674. The molecule has 1 amide bonds. The standard InChI is InChI=1S/C20H27NO6/c1-3-4-5-6-11-27-18-12-14(19(23)26-2)7-8-16(18)17-13-15(22)9-10-21(17)20(24)25/h3,7-8,12,15,17,22H,1,4-6,9-11,13H2,2H3,(H,24,25). The van der Waals surface area contributed by atoms with Crippen LogP contribution < -0.4 is 4.74 Å². The summed E-state index contributed by atoms with van der Waals surface area (Å²) >= 11 is 0. The van der Waals surface area contributed by atoms with Gasteiger partial charge in [0.15, 0.2) is 0 Å². The Kier molecular flexibility index (Phi) is 7.67. The van der Waals surface area contributed by atoms with Crippen molar-refractivity contribution >= 4 is 12.1 Å². The molecule has 0 aliphatic carbocycles. The van der Waals surface area contributed by atoms with Crippen LogP contribution in [0, 0.1) is 0 Å². The van der Waals surface area contributed by atoms with Gasteiger partial charge in [-0.3, -0.25) is 0 Å². The number of allylic oxidation sites excluding steroid dienone is 1. The number of benzene rings is 1. The molecular formula is C20H27NO6. The van der Waals surface area contributed by atoms with Crippen molar-refractivity contribution < 1.29 is 29.3 Å². The molecule has 148 valence electrons. The van der Waals surface area contributed by atoms with E-state index >= 15 is 0 Å². The van der Waals surface area contributed by atoms with Crippen molar-refractivity contribution in [1.29, 1.82) is 0 Å². The van der Waals surface area contributed by atoms with Crippen LogP contribution in [0.15, 0.2) is 30.9 Å². The number of likely N-dealkylation sites (tertiary alicyclic amines) is 1.